The number of carboxylic acids is 1. The minimum absolute atomic E-state index is 0.0235. The summed E-state index contributed by atoms with van der Waals surface area (Å²) in [7, 11) is 1.58. The minimum Gasteiger partial charge on any atom is -0.496 e. The monoisotopic (exact) mass is 294 g/mol. The van der Waals surface area contributed by atoms with Crippen LogP contribution in [0.15, 0.2) is 24.3 Å². The van der Waals surface area contributed by atoms with Crippen LogP contribution >= 0.6 is 11.6 Å². The Hall–Kier alpha value is -2.01. The van der Waals surface area contributed by atoms with E-state index in [-0.39, 0.29) is 11.7 Å². The molecular weight excluding hydrogens is 280 g/mol. The van der Waals surface area contributed by atoms with Crippen LogP contribution in [-0.4, -0.2) is 28.0 Å². The van der Waals surface area contributed by atoms with Gasteiger partial charge < -0.3 is 9.84 Å². The number of aromatic nitrogens is 2. The van der Waals surface area contributed by atoms with E-state index >= 15 is 0 Å². The van der Waals surface area contributed by atoms with Gasteiger partial charge in [-0.2, -0.15) is 5.10 Å². The van der Waals surface area contributed by atoms with Crippen LogP contribution in [0.1, 0.15) is 34.7 Å². The molecule has 6 heteroatoms. The number of hydrogen-bond acceptors (Lipinski definition) is 3. The molecule has 0 aliphatic carbocycles. The maximum atomic E-state index is 11.0. The highest BCUT2D eigenvalue weighted by Crippen LogP contribution is 2.31. The second-order valence-electron chi connectivity index (χ2n) is 4.48. The summed E-state index contributed by atoms with van der Waals surface area (Å²) in [5.41, 5.74) is 1.63. The lowest BCUT2D eigenvalue weighted by molar-refractivity contribution is 0.0689. The van der Waals surface area contributed by atoms with E-state index in [1.165, 1.54) is 6.07 Å². The number of hydrogen-bond donors (Lipinski definition) is 1. The van der Waals surface area contributed by atoms with Crippen LogP contribution in [0, 0.1) is 6.92 Å². The van der Waals surface area contributed by atoms with E-state index in [0.29, 0.717) is 10.8 Å². The van der Waals surface area contributed by atoms with Crippen molar-refractivity contribution in [2.24, 2.45) is 0 Å². The molecule has 1 unspecified atom stereocenters. The van der Waals surface area contributed by atoms with Crippen LogP contribution in [0.25, 0.3) is 0 Å². The van der Waals surface area contributed by atoms with E-state index in [4.69, 9.17) is 21.4 Å². The number of benzene rings is 1. The third-order valence-corrected chi connectivity index (χ3v) is 3.39. The fourth-order valence-electron chi connectivity index (χ4n) is 2.15. The second-order valence-corrected chi connectivity index (χ2v) is 4.92. The van der Waals surface area contributed by atoms with Gasteiger partial charge in [0, 0.05) is 16.3 Å². The summed E-state index contributed by atoms with van der Waals surface area (Å²) < 4.78 is 6.97. The van der Waals surface area contributed by atoms with Crippen molar-refractivity contribution in [2.45, 2.75) is 19.9 Å². The lowest BCUT2D eigenvalue weighted by atomic mass is 10.1. The number of ether oxygens (including phenoxy) is 1. The Balaban J connectivity index is 2.48. The molecule has 1 N–H and O–H groups in total. The predicted octanol–water partition coefficient (Wildman–Crippen LogP) is 3.16. The molecule has 0 aliphatic rings. The number of halogens is 1. The zero-order valence-corrected chi connectivity index (χ0v) is 12.2. The molecule has 0 spiro atoms. The van der Waals surface area contributed by atoms with E-state index in [1.807, 2.05) is 13.8 Å². The number of carboxylic acid groups (broad SMARTS) is 1. The summed E-state index contributed by atoms with van der Waals surface area (Å²) in [6.07, 6.45) is 0. The van der Waals surface area contributed by atoms with Crippen LogP contribution in [-0.2, 0) is 0 Å². The molecule has 0 aliphatic heterocycles. The first-order chi connectivity index (χ1) is 9.43. The molecule has 0 radical (unpaired) electrons. The fraction of sp³-hybridized carbons (Fsp3) is 0.286. The number of nitrogens with zero attached hydrogens (tertiary/aromatic N) is 2. The zero-order valence-electron chi connectivity index (χ0n) is 11.4. The Morgan fingerprint density at radius 1 is 1.45 bits per heavy atom. The largest absolute Gasteiger partial charge is 0.496 e. The summed E-state index contributed by atoms with van der Waals surface area (Å²) in [6.45, 7) is 3.73. The zero-order chi connectivity index (χ0) is 14.9. The SMILES string of the molecule is COc1ccc(Cl)cc1C(C)n1nc(C(=O)O)cc1C. The number of aromatic carboxylic acids is 1. The summed E-state index contributed by atoms with van der Waals surface area (Å²) in [4.78, 5) is 11.0. The van der Waals surface area contributed by atoms with Gasteiger partial charge >= 0.3 is 5.97 Å². The van der Waals surface area contributed by atoms with Crippen molar-refractivity contribution in [3.8, 4) is 5.75 Å². The lowest BCUT2D eigenvalue weighted by Crippen LogP contribution is -2.12. The number of carbonyl (C=O) groups is 1. The molecule has 1 atom stereocenters. The van der Waals surface area contributed by atoms with Gasteiger partial charge in [-0.05, 0) is 38.1 Å². The van der Waals surface area contributed by atoms with Gasteiger partial charge in [-0.3, -0.25) is 4.68 Å². The van der Waals surface area contributed by atoms with Crippen molar-refractivity contribution >= 4 is 17.6 Å². The topological polar surface area (TPSA) is 64.4 Å². The maximum Gasteiger partial charge on any atom is 0.356 e. The molecule has 2 rings (SSSR count). The molecule has 0 amide bonds. The summed E-state index contributed by atoms with van der Waals surface area (Å²) in [6, 6.07) is 6.68. The van der Waals surface area contributed by atoms with E-state index < -0.39 is 5.97 Å². The molecule has 0 saturated carbocycles. The number of aryl methyl sites for hydroxylation is 1. The molecule has 1 heterocycles. The third-order valence-electron chi connectivity index (χ3n) is 3.15. The minimum atomic E-state index is -1.04. The van der Waals surface area contributed by atoms with Gasteiger partial charge in [0.1, 0.15) is 5.75 Å². The first-order valence-corrected chi connectivity index (χ1v) is 6.44. The second kappa shape index (κ2) is 5.54. The van der Waals surface area contributed by atoms with Crippen LogP contribution in [0.2, 0.25) is 5.02 Å². The molecule has 0 fully saturated rings. The van der Waals surface area contributed by atoms with Gasteiger partial charge in [0.25, 0.3) is 0 Å². The van der Waals surface area contributed by atoms with E-state index in [1.54, 1.807) is 30.0 Å². The highest BCUT2D eigenvalue weighted by atomic mass is 35.5. The van der Waals surface area contributed by atoms with Gasteiger partial charge in [0.05, 0.1) is 13.2 Å². The van der Waals surface area contributed by atoms with Crippen molar-refractivity contribution in [1.29, 1.82) is 0 Å². The van der Waals surface area contributed by atoms with Gasteiger partial charge in [0.15, 0.2) is 5.69 Å². The molecule has 20 heavy (non-hydrogen) atoms. The van der Waals surface area contributed by atoms with Crippen LogP contribution in [0.3, 0.4) is 0 Å². The van der Waals surface area contributed by atoms with Gasteiger partial charge in [-0.1, -0.05) is 11.6 Å². The van der Waals surface area contributed by atoms with E-state index in [0.717, 1.165) is 11.3 Å². The standard InChI is InChI=1S/C14H15ClN2O3/c1-8-6-12(14(18)19)16-17(8)9(2)11-7-10(15)4-5-13(11)20-3/h4-7,9H,1-3H3,(H,18,19). The average molecular weight is 295 g/mol. The van der Waals surface area contributed by atoms with Crippen molar-refractivity contribution in [2.75, 3.05) is 7.11 Å². The smallest absolute Gasteiger partial charge is 0.356 e. The highest BCUT2D eigenvalue weighted by molar-refractivity contribution is 6.30. The Morgan fingerprint density at radius 3 is 2.70 bits per heavy atom. The summed E-state index contributed by atoms with van der Waals surface area (Å²) in [5.74, 6) is -0.356. The van der Waals surface area contributed by atoms with Crippen LogP contribution in [0.5, 0.6) is 5.75 Å². The summed E-state index contributed by atoms with van der Waals surface area (Å²) in [5, 5.41) is 13.7. The molecule has 1 aromatic carbocycles. The number of rotatable bonds is 4. The molecule has 1 aromatic heterocycles. The van der Waals surface area contributed by atoms with Crippen molar-refractivity contribution in [3.05, 3.63) is 46.2 Å². The van der Waals surface area contributed by atoms with Gasteiger partial charge in [-0.15, -0.1) is 0 Å². The molecule has 106 valence electrons. The van der Waals surface area contributed by atoms with Crippen molar-refractivity contribution in [3.63, 3.8) is 0 Å². The molecular formula is C14H15ClN2O3. The Bertz CT molecular complexity index is 652. The Morgan fingerprint density at radius 2 is 2.15 bits per heavy atom. The molecule has 0 bridgehead atoms. The summed E-state index contributed by atoms with van der Waals surface area (Å²) >= 11 is 6.02. The van der Waals surface area contributed by atoms with Crippen molar-refractivity contribution < 1.29 is 14.6 Å². The average Bonchev–Trinajstić information content (AvgIpc) is 2.80. The Kier molecular flexibility index (Phi) is 3.99. The Labute approximate surface area is 121 Å². The lowest BCUT2D eigenvalue weighted by Gasteiger charge is -2.18. The van der Waals surface area contributed by atoms with E-state index in [2.05, 4.69) is 5.10 Å². The van der Waals surface area contributed by atoms with Crippen molar-refractivity contribution in [1.82, 2.24) is 9.78 Å². The number of methoxy groups -OCH3 is 1. The van der Waals surface area contributed by atoms with E-state index in [9.17, 15) is 4.79 Å². The van der Waals surface area contributed by atoms with Gasteiger partial charge in [-0.25, -0.2) is 4.79 Å². The van der Waals surface area contributed by atoms with Crippen LogP contribution < -0.4 is 4.74 Å². The quantitative estimate of drug-likeness (QED) is 0.941. The maximum absolute atomic E-state index is 11.0. The highest BCUT2D eigenvalue weighted by Gasteiger charge is 2.19. The predicted molar refractivity (Wildman–Crippen MR) is 75.7 cm³/mol. The molecule has 2 aromatic rings. The molecule has 5 nitrogen and oxygen atoms in total. The third kappa shape index (κ3) is 2.63. The molecule has 0 saturated heterocycles. The van der Waals surface area contributed by atoms with Crippen LogP contribution in [0.4, 0.5) is 0 Å². The fourth-order valence-corrected chi connectivity index (χ4v) is 2.33. The van der Waals surface area contributed by atoms with Gasteiger partial charge in [0.2, 0.25) is 0 Å². The first-order valence-electron chi connectivity index (χ1n) is 6.07. The first kappa shape index (κ1) is 14.4. The normalized spacial score (nSPS) is 12.2.